The fourth-order valence-corrected chi connectivity index (χ4v) is 3.28. The van der Waals surface area contributed by atoms with E-state index in [2.05, 4.69) is 21.3 Å². The number of anilines is 1. The van der Waals surface area contributed by atoms with Crippen molar-refractivity contribution in [2.24, 2.45) is 0 Å². The maximum atomic E-state index is 12.3. The van der Waals surface area contributed by atoms with Crippen molar-refractivity contribution in [3.63, 3.8) is 0 Å². The Balaban J connectivity index is 1.65. The zero-order chi connectivity index (χ0) is 17.8. The molecule has 1 fully saturated rings. The quantitative estimate of drug-likeness (QED) is 0.937. The van der Waals surface area contributed by atoms with Crippen LogP contribution in [-0.2, 0) is 0 Å². The zero-order valence-electron chi connectivity index (χ0n) is 14.6. The number of rotatable bonds is 3. The molecule has 0 saturated carbocycles. The lowest BCUT2D eigenvalue weighted by atomic mass is 10.0. The molecule has 2 heterocycles. The summed E-state index contributed by atoms with van der Waals surface area (Å²) in [7, 11) is 0. The van der Waals surface area contributed by atoms with E-state index >= 15 is 0 Å². The molecule has 128 valence electrons. The summed E-state index contributed by atoms with van der Waals surface area (Å²) in [5.41, 5.74) is 3.22. The lowest BCUT2D eigenvalue weighted by Crippen LogP contribution is -2.45. The predicted octanol–water partition coefficient (Wildman–Crippen LogP) is 2.97. The SMILES string of the molecule is Cc1cc(C)c(C#N)c(N2CCC(NC(=O)c3ccccc3)CC2)n1. The number of aryl methyl sites for hydroxylation is 2. The van der Waals surface area contributed by atoms with Gasteiger partial charge in [0.2, 0.25) is 0 Å². The minimum absolute atomic E-state index is 0.0266. The summed E-state index contributed by atoms with van der Waals surface area (Å²) in [5.74, 6) is 0.745. The molecule has 25 heavy (non-hydrogen) atoms. The predicted molar refractivity (Wildman–Crippen MR) is 97.6 cm³/mol. The molecule has 0 spiro atoms. The van der Waals surface area contributed by atoms with E-state index in [1.54, 1.807) is 0 Å². The third-order valence-electron chi connectivity index (χ3n) is 4.60. The van der Waals surface area contributed by atoms with E-state index in [4.69, 9.17) is 0 Å². The van der Waals surface area contributed by atoms with Crippen molar-refractivity contribution in [1.29, 1.82) is 5.26 Å². The number of nitrogens with zero attached hydrogens (tertiary/aromatic N) is 3. The first-order valence-corrected chi connectivity index (χ1v) is 8.57. The van der Waals surface area contributed by atoms with Crippen LogP contribution in [0.1, 0.15) is 40.0 Å². The van der Waals surface area contributed by atoms with Crippen LogP contribution in [0.2, 0.25) is 0 Å². The molecule has 5 nitrogen and oxygen atoms in total. The van der Waals surface area contributed by atoms with Crippen LogP contribution < -0.4 is 10.2 Å². The van der Waals surface area contributed by atoms with Crippen molar-refractivity contribution < 1.29 is 4.79 Å². The van der Waals surface area contributed by atoms with E-state index in [1.165, 1.54) is 0 Å². The lowest BCUT2D eigenvalue weighted by molar-refractivity contribution is 0.0931. The Hall–Kier alpha value is -2.87. The van der Waals surface area contributed by atoms with Crippen LogP contribution in [0.5, 0.6) is 0 Å². The molecule has 5 heteroatoms. The number of nitriles is 1. The molecule has 0 bridgehead atoms. The summed E-state index contributed by atoms with van der Waals surface area (Å²) in [6.07, 6.45) is 1.69. The van der Waals surface area contributed by atoms with Crippen LogP contribution in [0.15, 0.2) is 36.4 Å². The third-order valence-corrected chi connectivity index (χ3v) is 4.60. The summed E-state index contributed by atoms with van der Waals surface area (Å²) < 4.78 is 0. The van der Waals surface area contributed by atoms with Crippen molar-refractivity contribution in [3.8, 4) is 6.07 Å². The van der Waals surface area contributed by atoms with Crippen molar-refractivity contribution in [1.82, 2.24) is 10.3 Å². The molecule has 1 aromatic heterocycles. The third kappa shape index (κ3) is 3.80. The van der Waals surface area contributed by atoms with E-state index in [0.29, 0.717) is 11.1 Å². The van der Waals surface area contributed by atoms with E-state index < -0.39 is 0 Å². The second kappa shape index (κ2) is 7.35. The number of aromatic nitrogens is 1. The highest BCUT2D eigenvalue weighted by atomic mass is 16.1. The number of amides is 1. The Morgan fingerprint density at radius 2 is 1.92 bits per heavy atom. The van der Waals surface area contributed by atoms with Crippen LogP contribution in [0.25, 0.3) is 0 Å². The fraction of sp³-hybridized carbons (Fsp3) is 0.350. The van der Waals surface area contributed by atoms with Crippen molar-refractivity contribution in [2.45, 2.75) is 32.7 Å². The highest BCUT2D eigenvalue weighted by Crippen LogP contribution is 2.25. The zero-order valence-corrected chi connectivity index (χ0v) is 14.6. The maximum absolute atomic E-state index is 12.3. The molecule has 0 aliphatic carbocycles. The molecule has 0 radical (unpaired) electrons. The van der Waals surface area contributed by atoms with Crippen molar-refractivity contribution >= 4 is 11.7 Å². The van der Waals surface area contributed by atoms with Gasteiger partial charge in [-0.25, -0.2) is 4.98 Å². The molecule has 1 saturated heterocycles. The van der Waals surface area contributed by atoms with Crippen molar-refractivity contribution in [3.05, 3.63) is 58.8 Å². The second-order valence-corrected chi connectivity index (χ2v) is 6.49. The van der Waals surface area contributed by atoms with Gasteiger partial charge >= 0.3 is 0 Å². The van der Waals surface area contributed by atoms with Gasteiger partial charge in [-0.3, -0.25) is 4.79 Å². The monoisotopic (exact) mass is 334 g/mol. The maximum Gasteiger partial charge on any atom is 0.251 e. The number of piperidine rings is 1. The van der Waals surface area contributed by atoms with Crippen LogP contribution in [0.3, 0.4) is 0 Å². The first-order valence-electron chi connectivity index (χ1n) is 8.57. The molecule has 1 amide bonds. The van der Waals surface area contributed by atoms with Crippen molar-refractivity contribution in [2.75, 3.05) is 18.0 Å². The average Bonchev–Trinajstić information content (AvgIpc) is 2.62. The Morgan fingerprint density at radius 3 is 2.56 bits per heavy atom. The number of pyridine rings is 1. The standard InChI is InChI=1S/C20H22N4O/c1-14-12-15(2)22-19(18(14)13-21)24-10-8-17(9-11-24)23-20(25)16-6-4-3-5-7-16/h3-7,12,17H,8-11H2,1-2H3,(H,23,25). The van der Waals surface area contributed by atoms with E-state index in [0.717, 1.165) is 43.0 Å². The number of carbonyl (C=O) groups is 1. The van der Waals surface area contributed by atoms with Gasteiger partial charge in [-0.15, -0.1) is 0 Å². The number of nitrogens with one attached hydrogen (secondary N) is 1. The van der Waals surface area contributed by atoms with Crippen LogP contribution in [-0.4, -0.2) is 30.0 Å². The minimum Gasteiger partial charge on any atom is -0.355 e. The highest BCUT2D eigenvalue weighted by molar-refractivity contribution is 5.94. The largest absolute Gasteiger partial charge is 0.355 e. The first kappa shape index (κ1) is 17.0. The minimum atomic E-state index is -0.0266. The number of benzene rings is 1. The van der Waals surface area contributed by atoms with Gasteiger partial charge in [0.1, 0.15) is 11.9 Å². The lowest BCUT2D eigenvalue weighted by Gasteiger charge is -2.34. The summed E-state index contributed by atoms with van der Waals surface area (Å²) in [4.78, 5) is 19.0. The summed E-state index contributed by atoms with van der Waals surface area (Å²) in [6.45, 7) is 5.46. The van der Waals surface area contributed by atoms with Gasteiger partial charge in [-0.05, 0) is 50.5 Å². The van der Waals surface area contributed by atoms with Gasteiger partial charge in [0.25, 0.3) is 5.91 Å². The van der Waals surface area contributed by atoms with Gasteiger partial charge < -0.3 is 10.2 Å². The van der Waals surface area contributed by atoms with Gasteiger partial charge in [-0.2, -0.15) is 5.26 Å². The first-order chi connectivity index (χ1) is 12.1. The van der Waals surface area contributed by atoms with Gasteiger partial charge in [0, 0.05) is 30.4 Å². The molecular formula is C20H22N4O. The summed E-state index contributed by atoms with van der Waals surface area (Å²) in [5, 5.41) is 12.6. The number of hydrogen-bond donors (Lipinski definition) is 1. The van der Waals surface area contributed by atoms with Gasteiger partial charge in [0.05, 0.1) is 5.56 Å². The van der Waals surface area contributed by atoms with Crippen LogP contribution in [0.4, 0.5) is 5.82 Å². The Labute approximate surface area is 148 Å². The Kier molecular flexibility index (Phi) is 4.99. The molecular weight excluding hydrogens is 312 g/mol. The molecule has 0 atom stereocenters. The number of carbonyl (C=O) groups excluding carboxylic acids is 1. The summed E-state index contributed by atoms with van der Waals surface area (Å²) >= 11 is 0. The molecule has 3 rings (SSSR count). The smallest absolute Gasteiger partial charge is 0.251 e. The normalized spacial score (nSPS) is 14.8. The van der Waals surface area contributed by atoms with E-state index in [9.17, 15) is 10.1 Å². The topological polar surface area (TPSA) is 69.0 Å². The molecule has 2 aromatic rings. The number of hydrogen-bond acceptors (Lipinski definition) is 4. The average molecular weight is 334 g/mol. The molecule has 1 aromatic carbocycles. The Bertz CT molecular complexity index is 802. The van der Waals surface area contributed by atoms with Gasteiger partial charge in [-0.1, -0.05) is 18.2 Å². The Morgan fingerprint density at radius 1 is 1.24 bits per heavy atom. The van der Waals surface area contributed by atoms with E-state index in [-0.39, 0.29) is 11.9 Å². The summed E-state index contributed by atoms with van der Waals surface area (Å²) in [6, 6.07) is 13.7. The molecule has 0 unspecified atom stereocenters. The molecule has 1 N–H and O–H groups in total. The van der Waals surface area contributed by atoms with E-state index in [1.807, 2.05) is 50.2 Å². The fourth-order valence-electron chi connectivity index (χ4n) is 3.28. The van der Waals surface area contributed by atoms with Crippen LogP contribution in [0, 0.1) is 25.2 Å². The second-order valence-electron chi connectivity index (χ2n) is 6.49. The highest BCUT2D eigenvalue weighted by Gasteiger charge is 2.24. The molecule has 1 aliphatic rings. The van der Waals surface area contributed by atoms with Gasteiger partial charge in [0.15, 0.2) is 0 Å². The molecule has 1 aliphatic heterocycles. The van der Waals surface area contributed by atoms with Crippen LogP contribution >= 0.6 is 0 Å².